The molecule has 0 radical (unpaired) electrons. The van der Waals surface area contributed by atoms with Crippen LogP contribution in [0.1, 0.15) is 17.3 Å². The zero-order valence-electron chi connectivity index (χ0n) is 7.69. The number of carboxylic acids is 1. The molecule has 1 aromatic carbocycles. The first-order valence-corrected chi connectivity index (χ1v) is 14.5. The molecule has 0 heterocycles. The standard InChI is InChI=1S/C7H6O2S.C2H3O.Hg/c8-7(9)5-3-1-2-4-6(5)10;1-2-3;/h1-4,10H,(H,8,9);1H3;/q;;+1/p-1. The molecule has 0 atom stereocenters. The Hall–Kier alpha value is -0.355. The number of carboxylic acid groups (broad SMARTS) is 1. The number of carbonyl (C=O) groups excluding carboxylic acids is 1. The quantitative estimate of drug-likeness (QED) is 0.791. The van der Waals surface area contributed by atoms with Gasteiger partial charge in [0.25, 0.3) is 0 Å². The van der Waals surface area contributed by atoms with E-state index in [2.05, 4.69) is 0 Å². The molecule has 0 aliphatic rings. The minimum atomic E-state index is -1.61. The molecule has 0 aliphatic carbocycles. The molecule has 0 unspecified atom stereocenters. The Bertz CT molecular complexity index is 365. The first kappa shape index (κ1) is 11.7. The van der Waals surface area contributed by atoms with E-state index in [4.69, 9.17) is 5.11 Å². The Kier molecular flexibility index (Phi) is 4.61. The molecular weight excluding hydrogens is 389 g/mol. The van der Waals surface area contributed by atoms with Crippen molar-refractivity contribution in [1.82, 2.24) is 0 Å². The molecule has 0 saturated carbocycles. The normalized spacial score (nSPS) is 9.21. The molecule has 0 amide bonds. The van der Waals surface area contributed by atoms with Crippen LogP contribution in [0.3, 0.4) is 0 Å². The predicted octanol–water partition coefficient (Wildman–Crippen LogP) is 2.02. The van der Waals surface area contributed by atoms with Gasteiger partial charge in [0.2, 0.25) is 0 Å². The maximum atomic E-state index is 10.8. The van der Waals surface area contributed by atoms with Gasteiger partial charge in [-0.2, -0.15) is 0 Å². The van der Waals surface area contributed by atoms with Gasteiger partial charge in [0, 0.05) is 0 Å². The molecule has 14 heavy (non-hydrogen) atoms. The van der Waals surface area contributed by atoms with E-state index in [0.29, 0.717) is 5.56 Å². The van der Waals surface area contributed by atoms with Gasteiger partial charge in [-0.25, -0.2) is 0 Å². The van der Waals surface area contributed by atoms with Crippen LogP contribution in [0.25, 0.3) is 0 Å². The molecule has 0 aliphatic heterocycles. The molecule has 70 valence electrons. The molecule has 1 N–H and O–H groups in total. The summed E-state index contributed by atoms with van der Waals surface area (Å²) in [5.41, 5.74) is 0.304. The first-order valence-electron chi connectivity index (χ1n) is 4.06. The Morgan fingerprint density at radius 3 is 2.57 bits per heavy atom. The average molecular weight is 397 g/mol. The van der Waals surface area contributed by atoms with Crippen LogP contribution in [0.5, 0.6) is 0 Å². The van der Waals surface area contributed by atoms with E-state index in [-0.39, 0.29) is 3.29 Å². The van der Waals surface area contributed by atoms with Crippen molar-refractivity contribution in [2.75, 3.05) is 0 Å². The van der Waals surface area contributed by atoms with Crippen LogP contribution in [0, 0.1) is 0 Å². The summed E-state index contributed by atoms with van der Waals surface area (Å²) in [5.74, 6) is -0.926. The topological polar surface area (TPSA) is 54.4 Å². The number of rotatable bonds is 4. The van der Waals surface area contributed by atoms with Crippen LogP contribution in [0.15, 0.2) is 29.2 Å². The van der Waals surface area contributed by atoms with Crippen molar-refractivity contribution < 1.29 is 37.8 Å². The molecular formula is C9H8HgO3S. The fourth-order valence-corrected chi connectivity index (χ4v) is 8.91. The van der Waals surface area contributed by atoms with Crippen molar-refractivity contribution in [3.8, 4) is 0 Å². The summed E-state index contributed by atoms with van der Waals surface area (Å²) in [6.45, 7) is 1.58. The van der Waals surface area contributed by atoms with E-state index in [1.54, 1.807) is 31.2 Å². The van der Waals surface area contributed by atoms with E-state index in [9.17, 15) is 9.59 Å². The maximum absolute atomic E-state index is 10.8. The van der Waals surface area contributed by atoms with Crippen molar-refractivity contribution in [3.05, 3.63) is 29.8 Å². The molecule has 1 aromatic rings. The molecule has 0 fully saturated rings. The number of hydrogen-bond acceptors (Lipinski definition) is 3. The fraction of sp³-hybridized carbons (Fsp3) is 0.111. The summed E-state index contributed by atoms with van der Waals surface area (Å²) >= 11 is -1.61. The van der Waals surface area contributed by atoms with Gasteiger partial charge < -0.3 is 0 Å². The molecule has 0 spiro atoms. The third kappa shape index (κ3) is 3.42. The minimum absolute atomic E-state index is 0.259. The molecule has 5 heteroatoms. The molecule has 1 rings (SSSR count). The molecule has 0 bridgehead atoms. The van der Waals surface area contributed by atoms with Crippen molar-refractivity contribution in [2.24, 2.45) is 0 Å². The van der Waals surface area contributed by atoms with Gasteiger partial charge in [-0.3, -0.25) is 0 Å². The zero-order valence-corrected chi connectivity index (χ0v) is 14.0. The van der Waals surface area contributed by atoms with Gasteiger partial charge in [-0.1, -0.05) is 0 Å². The number of carbonyl (C=O) groups is 2. The summed E-state index contributed by atoms with van der Waals surface area (Å²) in [5, 5.41) is 8.86. The van der Waals surface area contributed by atoms with Crippen molar-refractivity contribution in [3.63, 3.8) is 0 Å². The summed E-state index contributed by atoms with van der Waals surface area (Å²) in [7, 11) is 1.48. The third-order valence-corrected chi connectivity index (χ3v) is 12.8. The number of hydrogen-bond donors (Lipinski definition) is 1. The Morgan fingerprint density at radius 2 is 2.00 bits per heavy atom. The molecule has 0 saturated heterocycles. The Morgan fingerprint density at radius 1 is 1.36 bits per heavy atom. The Labute approximate surface area is 96.4 Å². The van der Waals surface area contributed by atoms with Crippen molar-refractivity contribution in [1.29, 1.82) is 0 Å². The van der Waals surface area contributed by atoms with E-state index in [0.717, 1.165) is 4.90 Å². The second-order valence-corrected chi connectivity index (χ2v) is 14.4. The SMILES string of the molecule is C[C](=O)[Hg][S]c1ccccc1C(=O)O. The second kappa shape index (κ2) is 5.51. The molecule has 3 nitrogen and oxygen atoms in total. The Balaban J connectivity index is 2.84. The third-order valence-electron chi connectivity index (χ3n) is 1.55. The van der Waals surface area contributed by atoms with Crippen LogP contribution in [-0.4, -0.2) is 14.4 Å². The monoisotopic (exact) mass is 398 g/mol. The van der Waals surface area contributed by atoms with Gasteiger partial charge in [0.15, 0.2) is 0 Å². The summed E-state index contributed by atoms with van der Waals surface area (Å²) < 4.78 is 0.259. The van der Waals surface area contributed by atoms with Crippen LogP contribution in [0.4, 0.5) is 0 Å². The van der Waals surface area contributed by atoms with Crippen LogP contribution < -0.4 is 0 Å². The second-order valence-electron chi connectivity index (χ2n) is 2.79. The number of aromatic carboxylic acids is 1. The number of benzene rings is 1. The van der Waals surface area contributed by atoms with Crippen molar-refractivity contribution in [2.45, 2.75) is 11.8 Å². The fourth-order valence-electron chi connectivity index (χ4n) is 0.949. The average Bonchev–Trinajstić information content (AvgIpc) is 2.15. The van der Waals surface area contributed by atoms with Crippen LogP contribution in [0.2, 0.25) is 0 Å². The summed E-state index contributed by atoms with van der Waals surface area (Å²) in [4.78, 5) is 22.4. The van der Waals surface area contributed by atoms with Gasteiger partial charge in [0.1, 0.15) is 0 Å². The molecule has 0 aromatic heterocycles. The van der Waals surface area contributed by atoms with E-state index in [1.807, 2.05) is 0 Å². The summed E-state index contributed by atoms with van der Waals surface area (Å²) in [6.07, 6.45) is 0. The predicted molar refractivity (Wildman–Crippen MR) is 49.9 cm³/mol. The van der Waals surface area contributed by atoms with Gasteiger partial charge in [0.05, 0.1) is 0 Å². The van der Waals surface area contributed by atoms with E-state index < -0.39 is 29.0 Å². The first-order chi connectivity index (χ1) is 6.61. The van der Waals surface area contributed by atoms with E-state index >= 15 is 0 Å². The zero-order chi connectivity index (χ0) is 10.6. The van der Waals surface area contributed by atoms with Crippen molar-refractivity contribution >= 4 is 17.5 Å². The summed E-state index contributed by atoms with van der Waals surface area (Å²) in [6, 6.07) is 6.82. The van der Waals surface area contributed by atoms with Gasteiger partial charge in [-0.15, -0.1) is 0 Å². The van der Waals surface area contributed by atoms with Crippen LogP contribution in [-0.2, 0) is 27.9 Å². The van der Waals surface area contributed by atoms with Gasteiger partial charge >= 0.3 is 96.9 Å². The van der Waals surface area contributed by atoms with E-state index in [1.165, 1.54) is 8.24 Å². The van der Waals surface area contributed by atoms with Gasteiger partial charge in [-0.05, 0) is 0 Å². The van der Waals surface area contributed by atoms with Crippen LogP contribution >= 0.6 is 8.24 Å².